The van der Waals surface area contributed by atoms with E-state index in [4.69, 9.17) is 0 Å². The summed E-state index contributed by atoms with van der Waals surface area (Å²) in [6, 6.07) is 5.55. The molecule has 2 rings (SSSR count). The molecule has 21 heavy (non-hydrogen) atoms. The van der Waals surface area contributed by atoms with Crippen LogP contribution >= 0.6 is 43.2 Å². The van der Waals surface area contributed by atoms with E-state index >= 15 is 0 Å². The zero-order valence-corrected chi connectivity index (χ0v) is 15.4. The van der Waals surface area contributed by atoms with E-state index in [1.807, 2.05) is 6.07 Å². The van der Waals surface area contributed by atoms with Crippen molar-refractivity contribution in [3.8, 4) is 0 Å². The van der Waals surface area contributed by atoms with Gasteiger partial charge in [0.2, 0.25) is 0 Å². The first-order chi connectivity index (χ1) is 10.0. The SMILES string of the molecule is CCCNC(Cc1cc(F)ccc1F)c1cc(Br)sc1Br. The van der Waals surface area contributed by atoms with Crippen molar-refractivity contribution in [2.45, 2.75) is 25.8 Å². The van der Waals surface area contributed by atoms with E-state index in [1.54, 1.807) is 11.3 Å². The average molecular weight is 439 g/mol. The molecule has 6 heteroatoms. The number of thiophene rings is 1. The molecule has 1 aromatic carbocycles. The monoisotopic (exact) mass is 437 g/mol. The second kappa shape index (κ2) is 7.81. The molecule has 0 amide bonds. The van der Waals surface area contributed by atoms with Gasteiger partial charge in [0, 0.05) is 6.04 Å². The first kappa shape index (κ1) is 17.1. The minimum atomic E-state index is -0.411. The zero-order valence-electron chi connectivity index (χ0n) is 11.4. The van der Waals surface area contributed by atoms with E-state index in [-0.39, 0.29) is 11.9 Å². The lowest BCUT2D eigenvalue weighted by molar-refractivity contribution is 0.508. The Morgan fingerprint density at radius 1 is 1.24 bits per heavy atom. The van der Waals surface area contributed by atoms with Crippen LogP contribution in [-0.2, 0) is 6.42 Å². The van der Waals surface area contributed by atoms with Crippen LogP contribution < -0.4 is 5.32 Å². The molecule has 0 fully saturated rings. The molecule has 1 atom stereocenters. The summed E-state index contributed by atoms with van der Waals surface area (Å²) in [5, 5.41) is 3.40. The molecule has 114 valence electrons. The second-order valence-corrected chi connectivity index (χ2v) is 8.48. The van der Waals surface area contributed by atoms with Crippen LogP contribution in [0.3, 0.4) is 0 Å². The third-order valence-corrected chi connectivity index (χ3v) is 5.52. The molecule has 1 aromatic heterocycles. The normalized spacial score (nSPS) is 12.6. The highest BCUT2D eigenvalue weighted by atomic mass is 79.9. The van der Waals surface area contributed by atoms with Crippen molar-refractivity contribution in [1.82, 2.24) is 5.32 Å². The van der Waals surface area contributed by atoms with Gasteiger partial charge in [-0.3, -0.25) is 0 Å². The van der Waals surface area contributed by atoms with Crippen molar-refractivity contribution < 1.29 is 8.78 Å². The minimum Gasteiger partial charge on any atom is -0.310 e. The van der Waals surface area contributed by atoms with Crippen molar-refractivity contribution in [3.63, 3.8) is 0 Å². The van der Waals surface area contributed by atoms with Crippen molar-refractivity contribution in [3.05, 3.63) is 54.6 Å². The maximum absolute atomic E-state index is 13.9. The molecule has 1 N–H and O–H groups in total. The molecule has 2 aromatic rings. The fourth-order valence-corrected chi connectivity index (χ4v) is 5.09. The molecular formula is C15H15Br2F2NS. The summed E-state index contributed by atoms with van der Waals surface area (Å²) in [4.78, 5) is 0. The Kier molecular flexibility index (Phi) is 6.34. The number of hydrogen-bond donors (Lipinski definition) is 1. The van der Waals surface area contributed by atoms with Gasteiger partial charge in [0.05, 0.1) is 7.57 Å². The van der Waals surface area contributed by atoms with Crippen LogP contribution in [0.1, 0.15) is 30.5 Å². The van der Waals surface area contributed by atoms with Crippen LogP contribution in [0.2, 0.25) is 0 Å². The van der Waals surface area contributed by atoms with Gasteiger partial charge in [-0.1, -0.05) is 6.92 Å². The quantitative estimate of drug-likeness (QED) is 0.597. The Morgan fingerprint density at radius 3 is 2.62 bits per heavy atom. The molecule has 1 heterocycles. The van der Waals surface area contributed by atoms with Crippen LogP contribution in [0.15, 0.2) is 31.8 Å². The number of nitrogens with one attached hydrogen (secondary N) is 1. The van der Waals surface area contributed by atoms with Crippen LogP contribution in [0.5, 0.6) is 0 Å². The lowest BCUT2D eigenvalue weighted by Gasteiger charge is -2.19. The maximum atomic E-state index is 13.9. The van der Waals surface area contributed by atoms with Gasteiger partial charge < -0.3 is 5.32 Å². The fourth-order valence-electron chi connectivity index (χ4n) is 2.12. The van der Waals surface area contributed by atoms with Crippen LogP contribution in [0, 0.1) is 11.6 Å². The molecule has 0 bridgehead atoms. The first-order valence-electron chi connectivity index (χ1n) is 6.63. The van der Waals surface area contributed by atoms with Crippen LogP contribution in [0.4, 0.5) is 8.78 Å². The molecule has 1 nitrogen and oxygen atoms in total. The summed E-state index contributed by atoms with van der Waals surface area (Å²) in [5.74, 6) is -0.781. The van der Waals surface area contributed by atoms with Crippen molar-refractivity contribution in [2.75, 3.05) is 6.54 Å². The lowest BCUT2D eigenvalue weighted by atomic mass is 10.0. The Morgan fingerprint density at radius 2 is 2.00 bits per heavy atom. The summed E-state index contributed by atoms with van der Waals surface area (Å²) in [6.45, 7) is 2.90. The standard InChI is InChI=1S/C15H15Br2F2NS/c1-2-5-20-13(11-8-14(16)21-15(11)17)7-9-6-10(18)3-4-12(9)19/h3-4,6,8,13,20H,2,5,7H2,1H3. The Labute approximate surface area is 144 Å². The molecule has 0 aliphatic carbocycles. The van der Waals surface area contributed by atoms with Gasteiger partial charge in [0.15, 0.2) is 0 Å². The summed E-state index contributed by atoms with van der Waals surface area (Å²) in [6.07, 6.45) is 1.39. The van der Waals surface area contributed by atoms with E-state index in [1.165, 1.54) is 12.1 Å². The highest BCUT2D eigenvalue weighted by Gasteiger charge is 2.19. The van der Waals surface area contributed by atoms with Crippen molar-refractivity contribution in [1.29, 1.82) is 0 Å². The number of rotatable bonds is 6. The third kappa shape index (κ3) is 4.58. The van der Waals surface area contributed by atoms with Gasteiger partial charge in [0.1, 0.15) is 11.6 Å². The van der Waals surface area contributed by atoms with Gasteiger partial charge in [-0.25, -0.2) is 8.78 Å². The summed E-state index contributed by atoms with van der Waals surface area (Å²) in [7, 11) is 0. The van der Waals surface area contributed by atoms with Gasteiger partial charge in [-0.05, 0) is 86.6 Å². The molecule has 0 spiro atoms. The van der Waals surface area contributed by atoms with Gasteiger partial charge in [-0.2, -0.15) is 0 Å². The summed E-state index contributed by atoms with van der Waals surface area (Å²) >= 11 is 8.57. The van der Waals surface area contributed by atoms with E-state index in [9.17, 15) is 8.78 Å². The molecule has 0 aliphatic rings. The fraction of sp³-hybridized carbons (Fsp3) is 0.333. The van der Waals surface area contributed by atoms with Crippen molar-refractivity contribution >= 4 is 43.2 Å². The van der Waals surface area contributed by atoms with Gasteiger partial charge in [-0.15, -0.1) is 11.3 Å². The van der Waals surface area contributed by atoms with Gasteiger partial charge in [0.25, 0.3) is 0 Å². The molecule has 1 unspecified atom stereocenters. The van der Waals surface area contributed by atoms with E-state index in [0.29, 0.717) is 12.0 Å². The van der Waals surface area contributed by atoms with E-state index < -0.39 is 5.82 Å². The molecule has 0 saturated heterocycles. The lowest BCUT2D eigenvalue weighted by Crippen LogP contribution is -2.24. The van der Waals surface area contributed by atoms with Crippen LogP contribution in [-0.4, -0.2) is 6.54 Å². The topological polar surface area (TPSA) is 12.0 Å². The summed E-state index contributed by atoms with van der Waals surface area (Å²) < 4.78 is 29.2. The number of halogens is 4. The highest BCUT2D eigenvalue weighted by molar-refractivity contribution is 9.12. The minimum absolute atomic E-state index is 0.0572. The first-order valence-corrected chi connectivity index (χ1v) is 9.03. The van der Waals surface area contributed by atoms with E-state index in [2.05, 4.69) is 44.1 Å². The Bertz CT molecular complexity index is 616. The highest BCUT2D eigenvalue weighted by Crippen LogP contribution is 2.36. The smallest absolute Gasteiger partial charge is 0.126 e. The number of benzene rings is 1. The number of hydrogen-bond acceptors (Lipinski definition) is 2. The predicted molar refractivity (Wildman–Crippen MR) is 90.8 cm³/mol. The molecule has 0 radical (unpaired) electrons. The summed E-state index contributed by atoms with van der Waals surface area (Å²) in [5.41, 5.74) is 1.45. The third-order valence-electron chi connectivity index (χ3n) is 3.13. The zero-order chi connectivity index (χ0) is 15.4. The van der Waals surface area contributed by atoms with Gasteiger partial charge >= 0.3 is 0 Å². The second-order valence-electron chi connectivity index (χ2n) is 4.73. The predicted octanol–water partition coefficient (Wildman–Crippen LogP) is 5.83. The van der Waals surface area contributed by atoms with Crippen LogP contribution in [0.25, 0.3) is 0 Å². The molecule has 0 aliphatic heterocycles. The largest absolute Gasteiger partial charge is 0.310 e. The Hall–Kier alpha value is -0.300. The maximum Gasteiger partial charge on any atom is 0.126 e. The average Bonchev–Trinajstić information content (AvgIpc) is 2.77. The van der Waals surface area contributed by atoms with E-state index in [0.717, 1.165) is 32.2 Å². The van der Waals surface area contributed by atoms with Crippen molar-refractivity contribution in [2.24, 2.45) is 0 Å². The molecular weight excluding hydrogens is 424 g/mol. The molecule has 0 saturated carbocycles. The Balaban J connectivity index is 2.28.